The van der Waals surface area contributed by atoms with Crippen LogP contribution in [0.4, 0.5) is 0 Å². The van der Waals surface area contributed by atoms with Crippen LogP contribution in [0.15, 0.2) is 60.7 Å². The largest absolute Gasteiger partial charge is 0.487 e. The zero-order chi connectivity index (χ0) is 16.0. The minimum atomic E-state index is -0.0764. The second-order valence-corrected chi connectivity index (χ2v) is 6.60. The van der Waals surface area contributed by atoms with Crippen molar-refractivity contribution in [3.63, 3.8) is 0 Å². The van der Waals surface area contributed by atoms with Crippen molar-refractivity contribution in [2.45, 2.75) is 38.2 Å². The van der Waals surface area contributed by atoms with Gasteiger partial charge < -0.3 is 9.64 Å². The maximum absolute atomic E-state index is 6.55. The lowest BCUT2D eigenvalue weighted by molar-refractivity contribution is 0.00170. The third-order valence-electron chi connectivity index (χ3n) is 4.75. The molecule has 23 heavy (non-hydrogen) atoms. The second-order valence-electron chi connectivity index (χ2n) is 6.60. The van der Waals surface area contributed by atoms with Gasteiger partial charge in [-0.2, -0.15) is 0 Å². The van der Waals surface area contributed by atoms with Crippen molar-refractivity contribution in [1.29, 1.82) is 0 Å². The highest BCUT2D eigenvalue weighted by atomic mass is 16.5. The first-order valence-electron chi connectivity index (χ1n) is 8.80. The number of hydrogen-bond donors (Lipinski definition) is 0. The van der Waals surface area contributed by atoms with Crippen LogP contribution >= 0.6 is 0 Å². The summed E-state index contributed by atoms with van der Waals surface area (Å²) in [5, 5.41) is 0. The van der Waals surface area contributed by atoms with E-state index in [2.05, 4.69) is 66.4 Å². The topological polar surface area (TPSA) is 12.5 Å². The molecule has 0 saturated carbocycles. The highest BCUT2D eigenvalue weighted by Gasteiger charge is 2.36. The number of rotatable bonds is 6. The van der Waals surface area contributed by atoms with Gasteiger partial charge in [-0.25, -0.2) is 0 Å². The van der Waals surface area contributed by atoms with Crippen molar-refractivity contribution in [2.24, 2.45) is 0 Å². The fraction of sp³-hybridized carbons (Fsp3) is 0.429. The first-order valence-corrected chi connectivity index (χ1v) is 8.80. The molecule has 3 rings (SSSR count). The number of nitrogens with zero attached hydrogens (tertiary/aromatic N) is 1. The van der Waals surface area contributed by atoms with Gasteiger partial charge in [-0.05, 0) is 30.7 Å². The van der Waals surface area contributed by atoms with Crippen LogP contribution in [-0.4, -0.2) is 30.1 Å². The van der Waals surface area contributed by atoms with Gasteiger partial charge in [0.2, 0.25) is 0 Å². The summed E-state index contributed by atoms with van der Waals surface area (Å²) in [5.41, 5.74) is 1.29. The quantitative estimate of drug-likeness (QED) is 0.776. The molecule has 0 N–H and O–H groups in total. The number of hydrogen-bond acceptors (Lipinski definition) is 2. The Morgan fingerprint density at radius 3 is 2.13 bits per heavy atom. The maximum atomic E-state index is 6.55. The van der Waals surface area contributed by atoms with Crippen LogP contribution < -0.4 is 4.74 Å². The van der Waals surface area contributed by atoms with E-state index in [1.807, 2.05) is 6.07 Å². The minimum Gasteiger partial charge on any atom is -0.487 e. The summed E-state index contributed by atoms with van der Waals surface area (Å²) in [6.45, 7) is 5.72. The van der Waals surface area contributed by atoms with Crippen molar-refractivity contribution in [1.82, 2.24) is 4.90 Å². The van der Waals surface area contributed by atoms with Crippen LogP contribution in [-0.2, 0) is 6.42 Å². The second kappa shape index (κ2) is 7.65. The van der Waals surface area contributed by atoms with Crippen molar-refractivity contribution in [3.05, 3.63) is 66.2 Å². The number of ether oxygens (including phenoxy) is 1. The third kappa shape index (κ3) is 4.35. The zero-order valence-electron chi connectivity index (χ0n) is 14.1. The molecule has 1 aliphatic rings. The van der Waals surface area contributed by atoms with E-state index in [0.717, 1.165) is 38.1 Å². The molecule has 2 aromatic carbocycles. The molecule has 1 heterocycles. The van der Waals surface area contributed by atoms with Gasteiger partial charge in [-0.3, -0.25) is 0 Å². The van der Waals surface area contributed by atoms with Crippen molar-refractivity contribution in [2.75, 3.05) is 19.6 Å². The van der Waals surface area contributed by atoms with Gasteiger partial charge in [-0.15, -0.1) is 0 Å². The normalized spacial score (nSPS) is 17.8. The van der Waals surface area contributed by atoms with E-state index in [9.17, 15) is 0 Å². The lowest BCUT2D eigenvalue weighted by Gasteiger charge is -2.42. The molecule has 0 unspecified atom stereocenters. The summed E-state index contributed by atoms with van der Waals surface area (Å²) in [4.78, 5) is 2.57. The maximum Gasteiger partial charge on any atom is 0.120 e. The molecule has 0 amide bonds. The Kier molecular flexibility index (Phi) is 5.35. The van der Waals surface area contributed by atoms with E-state index < -0.39 is 0 Å². The van der Waals surface area contributed by atoms with Crippen LogP contribution in [0.3, 0.4) is 0 Å². The molecule has 122 valence electrons. The summed E-state index contributed by atoms with van der Waals surface area (Å²) in [6.07, 6.45) is 4.40. The van der Waals surface area contributed by atoms with Gasteiger partial charge in [0.15, 0.2) is 0 Å². The van der Waals surface area contributed by atoms with Crippen LogP contribution in [0.5, 0.6) is 5.75 Å². The lowest BCUT2D eigenvalue weighted by Crippen LogP contribution is -2.49. The van der Waals surface area contributed by atoms with Crippen molar-refractivity contribution < 1.29 is 4.74 Å². The number of likely N-dealkylation sites (tertiary alicyclic amines) is 1. The van der Waals surface area contributed by atoms with Crippen LogP contribution in [0.1, 0.15) is 31.7 Å². The molecule has 1 fully saturated rings. The summed E-state index contributed by atoms with van der Waals surface area (Å²) < 4.78 is 6.55. The Bertz CT molecular complexity index is 530. The van der Waals surface area contributed by atoms with Crippen LogP contribution in [0.25, 0.3) is 0 Å². The lowest BCUT2D eigenvalue weighted by atomic mass is 9.84. The fourth-order valence-corrected chi connectivity index (χ4v) is 3.52. The Labute approximate surface area is 140 Å². The Hall–Kier alpha value is -1.80. The SMILES string of the molecule is CCCN1CCC(Cc2ccccc2)(Oc2ccccc2)CC1. The predicted octanol–water partition coefficient (Wildman–Crippen LogP) is 4.55. The van der Waals surface area contributed by atoms with Crippen molar-refractivity contribution >= 4 is 0 Å². The first-order chi connectivity index (χ1) is 11.3. The monoisotopic (exact) mass is 309 g/mol. The molecule has 0 aliphatic carbocycles. The molecule has 1 saturated heterocycles. The molecular weight excluding hydrogens is 282 g/mol. The molecule has 0 atom stereocenters. The van der Waals surface area contributed by atoms with Gasteiger partial charge in [0, 0.05) is 32.4 Å². The van der Waals surface area contributed by atoms with Gasteiger partial charge in [-0.1, -0.05) is 55.5 Å². The van der Waals surface area contributed by atoms with Gasteiger partial charge in [0.1, 0.15) is 11.4 Å². The molecule has 2 heteroatoms. The van der Waals surface area contributed by atoms with E-state index in [4.69, 9.17) is 4.74 Å². The molecular formula is C21H27NO. The molecule has 0 aromatic heterocycles. The fourth-order valence-electron chi connectivity index (χ4n) is 3.52. The molecule has 0 bridgehead atoms. The van der Waals surface area contributed by atoms with Crippen LogP contribution in [0.2, 0.25) is 0 Å². The van der Waals surface area contributed by atoms with Gasteiger partial charge in [0.25, 0.3) is 0 Å². The standard InChI is InChI=1S/C21H27NO/c1-2-15-22-16-13-21(14-17-22,18-19-9-5-3-6-10-19)23-20-11-7-4-8-12-20/h3-12H,2,13-18H2,1H3. The summed E-state index contributed by atoms with van der Waals surface area (Å²) >= 11 is 0. The van der Waals surface area contributed by atoms with E-state index >= 15 is 0 Å². The third-order valence-corrected chi connectivity index (χ3v) is 4.75. The summed E-state index contributed by atoms with van der Waals surface area (Å²) in [7, 11) is 0. The predicted molar refractivity (Wildman–Crippen MR) is 95.9 cm³/mol. The number of para-hydroxylation sites is 1. The summed E-state index contributed by atoms with van der Waals surface area (Å²) in [5.74, 6) is 0.993. The highest BCUT2D eigenvalue weighted by Crippen LogP contribution is 2.32. The van der Waals surface area contributed by atoms with Crippen molar-refractivity contribution in [3.8, 4) is 5.75 Å². The first kappa shape index (κ1) is 16.1. The average Bonchev–Trinajstić information content (AvgIpc) is 2.59. The smallest absolute Gasteiger partial charge is 0.120 e. The molecule has 2 nitrogen and oxygen atoms in total. The Morgan fingerprint density at radius 2 is 1.52 bits per heavy atom. The molecule has 1 aliphatic heterocycles. The summed E-state index contributed by atoms with van der Waals surface area (Å²) in [6, 6.07) is 21.1. The van der Waals surface area contributed by atoms with E-state index in [1.165, 1.54) is 18.5 Å². The molecule has 0 spiro atoms. The van der Waals surface area contributed by atoms with Gasteiger partial charge in [0.05, 0.1) is 0 Å². The minimum absolute atomic E-state index is 0.0764. The highest BCUT2D eigenvalue weighted by molar-refractivity contribution is 5.24. The van der Waals surface area contributed by atoms with E-state index in [0.29, 0.717) is 0 Å². The zero-order valence-corrected chi connectivity index (χ0v) is 14.1. The average molecular weight is 309 g/mol. The Morgan fingerprint density at radius 1 is 0.913 bits per heavy atom. The van der Waals surface area contributed by atoms with E-state index in [1.54, 1.807) is 0 Å². The number of piperidine rings is 1. The molecule has 0 radical (unpaired) electrons. The molecule has 2 aromatic rings. The van der Waals surface area contributed by atoms with E-state index in [-0.39, 0.29) is 5.60 Å². The van der Waals surface area contributed by atoms with Gasteiger partial charge >= 0.3 is 0 Å². The van der Waals surface area contributed by atoms with Crippen LogP contribution in [0, 0.1) is 0 Å². The Balaban J connectivity index is 1.76. The number of benzene rings is 2.